The van der Waals surface area contributed by atoms with Gasteiger partial charge in [0, 0.05) is 24.5 Å². The second-order valence-electron chi connectivity index (χ2n) is 7.69. The summed E-state index contributed by atoms with van der Waals surface area (Å²) in [4.78, 5) is 12.4. The minimum Gasteiger partial charge on any atom is -0.457 e. The summed E-state index contributed by atoms with van der Waals surface area (Å²) >= 11 is 0. The summed E-state index contributed by atoms with van der Waals surface area (Å²) in [6.07, 6.45) is -1.97. The molecule has 1 N–H and O–H groups in total. The molecule has 1 aliphatic rings. The predicted molar refractivity (Wildman–Crippen MR) is 106 cm³/mol. The fraction of sp³-hybridized carbons (Fsp3) is 0.318. The molecule has 0 radical (unpaired) electrons. The highest BCUT2D eigenvalue weighted by atomic mass is 19.4. The Labute approximate surface area is 176 Å². The number of hydrogen-bond donors (Lipinski definition) is 1. The number of nitrogens with zero attached hydrogens (tertiary/aromatic N) is 3. The lowest BCUT2D eigenvalue weighted by Crippen LogP contribution is -2.32. The molecular weight excluding hydrogens is 409 g/mol. The summed E-state index contributed by atoms with van der Waals surface area (Å²) in [6.45, 7) is 1.62. The van der Waals surface area contributed by atoms with Gasteiger partial charge < -0.3 is 10.1 Å². The number of aryl methyl sites for hydroxylation is 1. The average molecular weight is 428 g/mol. The Kier molecular flexibility index (Phi) is 5.09. The van der Waals surface area contributed by atoms with Crippen molar-refractivity contribution >= 4 is 16.8 Å². The number of ether oxygens (including phenoxy) is 1. The molecule has 4 rings (SSSR count). The van der Waals surface area contributed by atoms with Crippen LogP contribution < -0.4 is 10.1 Å². The zero-order valence-corrected chi connectivity index (χ0v) is 16.8. The molecule has 3 atom stereocenters. The normalized spacial score (nSPS) is 19.0. The van der Waals surface area contributed by atoms with Crippen LogP contribution in [0.25, 0.3) is 10.9 Å². The number of fused-ring (bicyclic) bond motifs is 1. The van der Waals surface area contributed by atoms with Crippen LogP contribution in [0.3, 0.4) is 0 Å². The molecule has 1 heterocycles. The number of alkyl halides is 3. The van der Waals surface area contributed by atoms with Gasteiger partial charge in [0.2, 0.25) is 5.91 Å². The lowest BCUT2D eigenvalue weighted by atomic mass is 10.0. The van der Waals surface area contributed by atoms with Crippen molar-refractivity contribution in [2.75, 3.05) is 0 Å². The van der Waals surface area contributed by atoms with Crippen molar-refractivity contribution in [2.45, 2.75) is 31.5 Å². The molecule has 1 fully saturated rings. The van der Waals surface area contributed by atoms with E-state index in [4.69, 9.17) is 10.00 Å². The third-order valence-electron chi connectivity index (χ3n) is 5.22. The number of aromatic nitrogens is 2. The van der Waals surface area contributed by atoms with Gasteiger partial charge in [0.15, 0.2) is 0 Å². The first kappa shape index (κ1) is 20.7. The minimum atomic E-state index is -4.41. The monoisotopic (exact) mass is 428 g/mol. The standard InChI is InChI=1S/C22H19F3N4O2/c1-12(10-26)27-21(30)19-9-17(19)18-8-16(7-13-11-29(2)28-20(13)18)31-15-5-3-14(4-6-15)22(23,24)25/h3-8,11-12,17,19H,9H2,1-2H3,(H,27,30)/t12-,17-,19+/m0/s1. The van der Waals surface area contributed by atoms with Gasteiger partial charge >= 0.3 is 6.18 Å². The second kappa shape index (κ2) is 7.61. The summed E-state index contributed by atoms with van der Waals surface area (Å²) in [7, 11) is 1.78. The Morgan fingerprint density at radius 3 is 2.65 bits per heavy atom. The van der Waals surface area contributed by atoms with Crippen LogP contribution in [0.1, 0.15) is 30.4 Å². The van der Waals surface area contributed by atoms with E-state index in [-0.39, 0.29) is 23.5 Å². The van der Waals surface area contributed by atoms with Crippen LogP contribution in [0.4, 0.5) is 13.2 Å². The van der Waals surface area contributed by atoms with E-state index in [9.17, 15) is 18.0 Å². The molecule has 0 saturated heterocycles. The lowest BCUT2D eigenvalue weighted by molar-refractivity contribution is -0.137. The van der Waals surface area contributed by atoms with E-state index in [1.807, 2.05) is 12.3 Å². The molecule has 1 aromatic heterocycles. The number of hydrogen-bond acceptors (Lipinski definition) is 4. The smallest absolute Gasteiger partial charge is 0.416 e. The van der Waals surface area contributed by atoms with Crippen LogP contribution in [0.5, 0.6) is 11.5 Å². The Morgan fingerprint density at radius 2 is 2.00 bits per heavy atom. The van der Waals surface area contributed by atoms with Gasteiger partial charge in [0.1, 0.15) is 17.5 Å². The van der Waals surface area contributed by atoms with E-state index in [1.54, 1.807) is 30.8 Å². The maximum absolute atomic E-state index is 12.8. The van der Waals surface area contributed by atoms with Crippen LogP contribution in [0.2, 0.25) is 0 Å². The molecular formula is C22H19F3N4O2. The van der Waals surface area contributed by atoms with Gasteiger partial charge in [-0.05, 0) is 61.2 Å². The van der Waals surface area contributed by atoms with Gasteiger partial charge in [-0.25, -0.2) is 0 Å². The molecule has 1 aliphatic carbocycles. The van der Waals surface area contributed by atoms with Crippen LogP contribution >= 0.6 is 0 Å². The Balaban J connectivity index is 1.60. The molecule has 2 aromatic carbocycles. The summed E-state index contributed by atoms with van der Waals surface area (Å²) < 4.78 is 45.8. The summed E-state index contributed by atoms with van der Waals surface area (Å²) in [5.74, 6) is 0.209. The zero-order valence-electron chi connectivity index (χ0n) is 16.8. The van der Waals surface area contributed by atoms with Crippen molar-refractivity contribution < 1.29 is 22.7 Å². The third kappa shape index (κ3) is 4.33. The molecule has 0 bridgehead atoms. The van der Waals surface area contributed by atoms with E-state index in [0.29, 0.717) is 12.2 Å². The van der Waals surface area contributed by atoms with Gasteiger partial charge in [-0.15, -0.1) is 0 Å². The number of rotatable bonds is 5. The Bertz CT molecular complexity index is 1180. The molecule has 160 valence electrons. The first-order chi connectivity index (χ1) is 14.7. The van der Waals surface area contributed by atoms with Crippen molar-refractivity contribution in [2.24, 2.45) is 13.0 Å². The van der Waals surface area contributed by atoms with Crippen LogP contribution in [0, 0.1) is 17.2 Å². The van der Waals surface area contributed by atoms with Crippen LogP contribution in [-0.2, 0) is 18.0 Å². The first-order valence-electron chi connectivity index (χ1n) is 9.68. The number of nitriles is 1. The molecule has 1 amide bonds. The predicted octanol–water partition coefficient (Wildman–Crippen LogP) is 4.52. The van der Waals surface area contributed by atoms with Gasteiger partial charge in [0.05, 0.1) is 17.1 Å². The van der Waals surface area contributed by atoms with Crippen LogP contribution in [0.15, 0.2) is 42.6 Å². The molecule has 3 aromatic rings. The highest BCUT2D eigenvalue weighted by Crippen LogP contribution is 2.50. The fourth-order valence-electron chi connectivity index (χ4n) is 3.62. The lowest BCUT2D eigenvalue weighted by Gasteiger charge is -2.11. The highest BCUT2D eigenvalue weighted by Gasteiger charge is 2.45. The van der Waals surface area contributed by atoms with Crippen molar-refractivity contribution in [3.8, 4) is 17.6 Å². The number of carbonyl (C=O) groups is 1. The van der Waals surface area contributed by atoms with Gasteiger partial charge in [-0.1, -0.05) is 0 Å². The highest BCUT2D eigenvalue weighted by molar-refractivity contribution is 5.88. The molecule has 6 nitrogen and oxygen atoms in total. The average Bonchev–Trinajstić information content (AvgIpc) is 3.41. The SMILES string of the molecule is C[C@@H](C#N)NC(=O)[C@@H]1C[C@H]1c1cc(Oc2ccc(C(F)(F)F)cc2)cc2cn(C)nc12. The van der Waals surface area contributed by atoms with Gasteiger partial charge in [0.25, 0.3) is 0 Å². The van der Waals surface area contributed by atoms with E-state index in [0.717, 1.165) is 28.6 Å². The first-order valence-corrected chi connectivity index (χ1v) is 9.68. The number of halogens is 3. The number of amides is 1. The van der Waals surface area contributed by atoms with E-state index >= 15 is 0 Å². The summed E-state index contributed by atoms with van der Waals surface area (Å²) in [6, 6.07) is 9.42. The molecule has 31 heavy (non-hydrogen) atoms. The molecule has 0 unspecified atom stereocenters. The second-order valence-corrected chi connectivity index (χ2v) is 7.69. The zero-order chi connectivity index (χ0) is 22.3. The summed E-state index contributed by atoms with van der Waals surface area (Å²) in [5, 5.41) is 16.9. The summed E-state index contributed by atoms with van der Waals surface area (Å²) in [5.41, 5.74) is 0.836. The van der Waals surface area contributed by atoms with E-state index < -0.39 is 17.8 Å². The number of nitrogens with one attached hydrogen (secondary N) is 1. The molecule has 0 spiro atoms. The largest absolute Gasteiger partial charge is 0.457 e. The van der Waals surface area contributed by atoms with Crippen LogP contribution in [-0.4, -0.2) is 21.7 Å². The van der Waals surface area contributed by atoms with Gasteiger partial charge in [-0.2, -0.15) is 23.5 Å². The van der Waals surface area contributed by atoms with Crippen molar-refractivity contribution in [1.29, 1.82) is 5.26 Å². The third-order valence-corrected chi connectivity index (χ3v) is 5.22. The van der Waals surface area contributed by atoms with Crippen molar-refractivity contribution in [3.63, 3.8) is 0 Å². The molecule has 0 aliphatic heterocycles. The van der Waals surface area contributed by atoms with E-state index in [2.05, 4.69) is 10.4 Å². The maximum atomic E-state index is 12.8. The quantitative estimate of drug-likeness (QED) is 0.648. The molecule has 9 heteroatoms. The maximum Gasteiger partial charge on any atom is 0.416 e. The number of benzene rings is 2. The minimum absolute atomic E-state index is 0.0700. The Hall–Kier alpha value is -3.54. The Morgan fingerprint density at radius 1 is 1.29 bits per heavy atom. The fourth-order valence-corrected chi connectivity index (χ4v) is 3.62. The molecule has 1 saturated carbocycles. The van der Waals surface area contributed by atoms with Crippen molar-refractivity contribution in [1.82, 2.24) is 15.1 Å². The van der Waals surface area contributed by atoms with Gasteiger partial charge in [-0.3, -0.25) is 9.48 Å². The topological polar surface area (TPSA) is 79.9 Å². The number of carbonyl (C=O) groups excluding carboxylic acids is 1. The van der Waals surface area contributed by atoms with Crippen molar-refractivity contribution in [3.05, 3.63) is 53.7 Å². The van der Waals surface area contributed by atoms with E-state index in [1.165, 1.54) is 12.1 Å².